The van der Waals surface area contributed by atoms with Gasteiger partial charge in [0.15, 0.2) is 10.5 Å². The van der Waals surface area contributed by atoms with Gasteiger partial charge >= 0.3 is 0 Å². The summed E-state index contributed by atoms with van der Waals surface area (Å²) in [4.78, 5) is 15.5. The second-order valence-electron chi connectivity index (χ2n) is 8.35. The number of thioether (sulfide) groups is 1. The highest BCUT2D eigenvalue weighted by molar-refractivity contribution is 8.24. The van der Waals surface area contributed by atoms with E-state index >= 15 is 0 Å². The number of rotatable bonds is 5. The molecule has 2 aliphatic rings. The highest BCUT2D eigenvalue weighted by Gasteiger charge is 2.49. The normalized spacial score (nSPS) is 22.2. The lowest BCUT2D eigenvalue weighted by Crippen LogP contribution is -2.51. The van der Waals surface area contributed by atoms with Crippen LogP contribution in [0, 0.1) is 0 Å². The number of aromatic amines is 1. The fourth-order valence-corrected chi connectivity index (χ4v) is 5.99. The molecule has 160 valence electrons. The average molecular weight is 446 g/mol. The number of hydrogen-bond acceptors (Lipinski definition) is 6. The third kappa shape index (κ3) is 4.19. The van der Waals surface area contributed by atoms with Gasteiger partial charge in [-0.05, 0) is 26.7 Å². The lowest BCUT2D eigenvalue weighted by molar-refractivity contribution is -0.115. The van der Waals surface area contributed by atoms with Gasteiger partial charge < -0.3 is 10.3 Å². The van der Waals surface area contributed by atoms with E-state index in [0.29, 0.717) is 10.1 Å². The number of hydrogen-bond donors (Lipinski definition) is 3. The van der Waals surface area contributed by atoms with Crippen LogP contribution < -0.4 is 10.4 Å². The van der Waals surface area contributed by atoms with Crippen molar-refractivity contribution in [2.75, 3.05) is 5.06 Å². The lowest BCUT2D eigenvalue weighted by atomic mass is 9.95. The van der Waals surface area contributed by atoms with Crippen molar-refractivity contribution in [3.8, 4) is 0 Å². The summed E-state index contributed by atoms with van der Waals surface area (Å²) < 4.78 is 0.0662. The molecule has 1 amide bonds. The summed E-state index contributed by atoms with van der Waals surface area (Å²) in [5.74, 6) is 0.341. The first-order valence-corrected chi connectivity index (χ1v) is 11.5. The van der Waals surface area contributed by atoms with E-state index in [2.05, 4.69) is 15.4 Å². The number of amides is 1. The molecule has 2 heterocycles. The van der Waals surface area contributed by atoms with Gasteiger partial charge in [0, 0.05) is 23.0 Å². The third-order valence-electron chi connectivity index (χ3n) is 5.68. The monoisotopic (exact) mass is 445 g/mol. The highest BCUT2D eigenvalue weighted by Crippen LogP contribution is 2.44. The molecule has 9 heteroatoms. The molecule has 0 spiro atoms. The third-order valence-corrected chi connectivity index (χ3v) is 7.22. The fourth-order valence-electron chi connectivity index (χ4n) is 4.20. The summed E-state index contributed by atoms with van der Waals surface area (Å²) in [7, 11) is 0. The molecule has 3 N–H and O–H groups in total. The molecule has 1 saturated carbocycles. The standard InChI is InChI=1S/C21H27N5O2S2/c1-21(2)19(26(28)18-16-11-7-6-8-14(16)12-22-18)25(20(29)30-21)23-13-17(27)24-15-9-4-3-5-10-15/h6-8,11-13,15,19,22,28H,3-5,9-10H2,1-2H3,(H,24,27). The summed E-state index contributed by atoms with van der Waals surface area (Å²) in [5, 5.41) is 23.2. The second-order valence-corrected chi connectivity index (χ2v) is 10.6. The zero-order chi connectivity index (χ0) is 21.3. The van der Waals surface area contributed by atoms with E-state index in [0.717, 1.165) is 36.5 Å². The predicted molar refractivity (Wildman–Crippen MR) is 126 cm³/mol. The molecule has 2 fully saturated rings. The van der Waals surface area contributed by atoms with Gasteiger partial charge in [-0.3, -0.25) is 10.0 Å². The smallest absolute Gasteiger partial charge is 0.264 e. The van der Waals surface area contributed by atoms with E-state index in [-0.39, 0.29) is 11.9 Å². The van der Waals surface area contributed by atoms with E-state index in [4.69, 9.17) is 12.2 Å². The van der Waals surface area contributed by atoms with Crippen LogP contribution in [-0.4, -0.2) is 48.6 Å². The minimum atomic E-state index is -0.573. The Morgan fingerprint density at radius 1 is 1.37 bits per heavy atom. The quantitative estimate of drug-likeness (QED) is 0.363. The number of nitrogens with zero attached hydrogens (tertiary/aromatic N) is 3. The van der Waals surface area contributed by atoms with Gasteiger partial charge in [-0.25, -0.2) is 10.1 Å². The summed E-state index contributed by atoms with van der Waals surface area (Å²) in [6, 6.07) is 8.02. The zero-order valence-electron chi connectivity index (χ0n) is 17.2. The number of hydroxylamine groups is 1. The topological polar surface area (TPSA) is 84.0 Å². The Bertz CT molecular complexity index is 967. The molecule has 1 unspecified atom stereocenters. The Morgan fingerprint density at radius 3 is 2.87 bits per heavy atom. The lowest BCUT2D eigenvalue weighted by Gasteiger charge is -2.35. The molecule has 1 aliphatic carbocycles. The molecule has 0 radical (unpaired) electrons. The minimum Gasteiger partial charge on any atom is -0.348 e. The number of carbonyl (C=O) groups excluding carboxylic acids is 1. The van der Waals surface area contributed by atoms with Gasteiger partial charge in [0.2, 0.25) is 0 Å². The van der Waals surface area contributed by atoms with Crippen LogP contribution in [0.2, 0.25) is 0 Å². The molecular weight excluding hydrogens is 418 g/mol. The molecule has 4 rings (SSSR count). The van der Waals surface area contributed by atoms with Crippen molar-refractivity contribution < 1.29 is 10.0 Å². The number of anilines is 1. The number of H-pyrrole nitrogens is 1. The van der Waals surface area contributed by atoms with Crippen LogP contribution in [0.25, 0.3) is 10.8 Å². The minimum absolute atomic E-state index is 0.212. The van der Waals surface area contributed by atoms with Gasteiger partial charge in [0.1, 0.15) is 12.0 Å². The van der Waals surface area contributed by atoms with Crippen LogP contribution in [0.15, 0.2) is 35.6 Å². The first kappa shape index (κ1) is 21.1. The molecule has 1 atom stereocenters. The number of hydrazone groups is 1. The summed E-state index contributed by atoms with van der Waals surface area (Å²) in [6.07, 6.45) is 8.11. The Labute approximate surface area is 185 Å². The molecule has 1 saturated heterocycles. The first-order valence-electron chi connectivity index (χ1n) is 10.3. The number of thiocarbonyl (C=S) groups is 1. The maximum absolute atomic E-state index is 12.4. The first-order chi connectivity index (χ1) is 14.4. The van der Waals surface area contributed by atoms with Crippen LogP contribution in [0.1, 0.15) is 46.0 Å². The SMILES string of the molecule is CC1(C)SC(=S)N(N=CC(=O)NC2CCCCC2)C1N(O)c1[nH]cc2ccccc12. The summed E-state index contributed by atoms with van der Waals surface area (Å²) >= 11 is 6.97. The number of aromatic nitrogens is 1. The largest absolute Gasteiger partial charge is 0.348 e. The molecule has 1 aliphatic heterocycles. The van der Waals surface area contributed by atoms with Crippen LogP contribution in [0.3, 0.4) is 0 Å². The molecule has 0 bridgehead atoms. The van der Waals surface area contributed by atoms with Crippen molar-refractivity contribution >= 4 is 57.0 Å². The van der Waals surface area contributed by atoms with Crippen molar-refractivity contribution in [3.63, 3.8) is 0 Å². The Kier molecular flexibility index (Phi) is 6.04. The zero-order valence-corrected chi connectivity index (χ0v) is 18.8. The molecular formula is C21H27N5O2S2. The number of benzene rings is 1. The van der Waals surface area contributed by atoms with Crippen molar-refractivity contribution in [1.82, 2.24) is 15.3 Å². The van der Waals surface area contributed by atoms with Crippen LogP contribution >= 0.6 is 24.0 Å². The van der Waals surface area contributed by atoms with E-state index in [1.165, 1.54) is 29.5 Å². The van der Waals surface area contributed by atoms with Gasteiger partial charge in [-0.15, -0.1) is 0 Å². The summed E-state index contributed by atoms with van der Waals surface area (Å²) in [6.45, 7) is 4.00. The van der Waals surface area contributed by atoms with Crippen molar-refractivity contribution in [3.05, 3.63) is 30.5 Å². The molecule has 1 aromatic heterocycles. The van der Waals surface area contributed by atoms with Gasteiger partial charge in [-0.1, -0.05) is 67.5 Å². The maximum Gasteiger partial charge on any atom is 0.264 e. The Morgan fingerprint density at radius 2 is 2.10 bits per heavy atom. The molecule has 1 aromatic carbocycles. The Hall–Kier alpha value is -2.10. The average Bonchev–Trinajstić information content (AvgIpc) is 3.24. The van der Waals surface area contributed by atoms with Crippen molar-refractivity contribution in [2.24, 2.45) is 5.10 Å². The predicted octanol–water partition coefficient (Wildman–Crippen LogP) is 4.24. The van der Waals surface area contributed by atoms with E-state index in [1.807, 2.05) is 44.3 Å². The van der Waals surface area contributed by atoms with Crippen molar-refractivity contribution in [2.45, 2.75) is 62.9 Å². The van der Waals surface area contributed by atoms with Gasteiger partial charge in [0.25, 0.3) is 5.91 Å². The van der Waals surface area contributed by atoms with Gasteiger partial charge in [0.05, 0.1) is 4.75 Å². The van der Waals surface area contributed by atoms with Crippen LogP contribution in [0.4, 0.5) is 5.82 Å². The fraction of sp³-hybridized carbons (Fsp3) is 0.476. The number of nitrogens with one attached hydrogen (secondary N) is 2. The number of fused-ring (bicyclic) bond motifs is 1. The molecule has 30 heavy (non-hydrogen) atoms. The van der Waals surface area contributed by atoms with E-state index < -0.39 is 10.9 Å². The van der Waals surface area contributed by atoms with E-state index in [9.17, 15) is 10.0 Å². The van der Waals surface area contributed by atoms with Gasteiger partial charge in [-0.2, -0.15) is 5.10 Å². The van der Waals surface area contributed by atoms with Crippen LogP contribution in [0.5, 0.6) is 0 Å². The Balaban J connectivity index is 1.55. The summed E-state index contributed by atoms with van der Waals surface area (Å²) in [5.41, 5.74) is 0. The highest BCUT2D eigenvalue weighted by atomic mass is 32.2. The number of carbonyl (C=O) groups is 1. The maximum atomic E-state index is 12.4. The van der Waals surface area contributed by atoms with Crippen molar-refractivity contribution in [1.29, 1.82) is 0 Å². The second kappa shape index (κ2) is 8.56. The van der Waals surface area contributed by atoms with E-state index in [1.54, 1.807) is 5.01 Å². The molecule has 7 nitrogen and oxygen atoms in total. The molecule has 2 aromatic rings. The van der Waals surface area contributed by atoms with Crippen LogP contribution in [-0.2, 0) is 4.79 Å².